The molecule has 0 aromatic heterocycles. The lowest BCUT2D eigenvalue weighted by Gasteiger charge is -2.10. The first kappa shape index (κ1) is 15.5. The predicted octanol–water partition coefficient (Wildman–Crippen LogP) is 2.89. The summed E-state index contributed by atoms with van der Waals surface area (Å²) in [6.45, 7) is 5.40. The highest BCUT2D eigenvalue weighted by Gasteiger charge is 2.04. The molecule has 0 spiro atoms. The summed E-state index contributed by atoms with van der Waals surface area (Å²) in [6, 6.07) is 7.40. The minimum Gasteiger partial charge on any atom is -0.384 e. The van der Waals surface area contributed by atoms with Crippen molar-refractivity contribution in [2.75, 3.05) is 18.4 Å². The van der Waals surface area contributed by atoms with E-state index in [4.69, 9.17) is 5.26 Å². The van der Waals surface area contributed by atoms with Crippen LogP contribution in [0.15, 0.2) is 22.7 Å². The summed E-state index contributed by atoms with van der Waals surface area (Å²) in [5, 5.41) is 14.8. The Bertz CT molecular complexity index is 480. The van der Waals surface area contributed by atoms with Gasteiger partial charge >= 0.3 is 0 Å². The zero-order valence-electron chi connectivity index (χ0n) is 11.2. The van der Waals surface area contributed by atoms with Crippen molar-refractivity contribution in [1.29, 1.82) is 5.26 Å². The number of nitrogens with zero attached hydrogens (tertiary/aromatic N) is 1. The fourth-order valence-corrected chi connectivity index (χ4v) is 1.96. The van der Waals surface area contributed by atoms with Crippen molar-refractivity contribution in [1.82, 2.24) is 5.32 Å². The maximum absolute atomic E-state index is 11.5. The molecule has 0 aliphatic heterocycles. The Hall–Kier alpha value is -1.54. The molecular weight excluding hydrogens is 306 g/mol. The van der Waals surface area contributed by atoms with Crippen LogP contribution in [0.5, 0.6) is 0 Å². The van der Waals surface area contributed by atoms with Gasteiger partial charge in [-0.25, -0.2) is 0 Å². The SMILES string of the molecule is CC(C)CNC(=O)CCNc1ccc(C#N)cc1Br. The molecule has 19 heavy (non-hydrogen) atoms. The molecule has 5 heteroatoms. The fraction of sp³-hybridized carbons (Fsp3) is 0.429. The summed E-state index contributed by atoms with van der Waals surface area (Å²) in [7, 11) is 0. The summed E-state index contributed by atoms with van der Waals surface area (Å²) in [6.07, 6.45) is 0.430. The third kappa shape index (κ3) is 5.75. The lowest BCUT2D eigenvalue weighted by molar-refractivity contribution is -0.120. The highest BCUT2D eigenvalue weighted by Crippen LogP contribution is 2.23. The van der Waals surface area contributed by atoms with Crippen LogP contribution in [-0.2, 0) is 4.79 Å². The number of nitrogens with one attached hydrogen (secondary N) is 2. The maximum atomic E-state index is 11.5. The topological polar surface area (TPSA) is 64.9 Å². The van der Waals surface area contributed by atoms with Gasteiger partial charge in [0.25, 0.3) is 0 Å². The molecule has 0 bridgehead atoms. The molecule has 0 aliphatic carbocycles. The standard InChI is InChI=1S/C14H18BrN3O/c1-10(2)9-18-14(19)5-6-17-13-4-3-11(8-16)7-12(13)15/h3-4,7,10,17H,5-6,9H2,1-2H3,(H,18,19). The number of amides is 1. The van der Waals surface area contributed by atoms with Gasteiger partial charge in [-0.1, -0.05) is 13.8 Å². The second kappa shape index (κ2) is 7.80. The van der Waals surface area contributed by atoms with Gasteiger partial charge in [0.2, 0.25) is 5.91 Å². The van der Waals surface area contributed by atoms with Gasteiger partial charge in [-0.15, -0.1) is 0 Å². The molecule has 1 aromatic rings. The van der Waals surface area contributed by atoms with Crippen LogP contribution in [0.4, 0.5) is 5.69 Å². The molecule has 0 fully saturated rings. The third-order valence-electron chi connectivity index (χ3n) is 2.47. The van der Waals surface area contributed by atoms with Crippen molar-refractivity contribution in [3.63, 3.8) is 0 Å². The zero-order chi connectivity index (χ0) is 14.3. The molecule has 0 unspecified atom stereocenters. The van der Waals surface area contributed by atoms with Crippen molar-refractivity contribution < 1.29 is 4.79 Å². The first-order chi connectivity index (χ1) is 9.02. The second-order valence-electron chi connectivity index (χ2n) is 4.68. The Balaban J connectivity index is 2.37. The first-order valence-corrected chi connectivity index (χ1v) is 7.02. The van der Waals surface area contributed by atoms with Gasteiger partial charge in [0.15, 0.2) is 0 Å². The number of rotatable bonds is 6. The van der Waals surface area contributed by atoms with Crippen molar-refractivity contribution in [3.8, 4) is 6.07 Å². The van der Waals surface area contributed by atoms with E-state index in [9.17, 15) is 4.79 Å². The lowest BCUT2D eigenvalue weighted by atomic mass is 10.2. The minimum absolute atomic E-state index is 0.0472. The van der Waals surface area contributed by atoms with E-state index >= 15 is 0 Å². The quantitative estimate of drug-likeness (QED) is 0.846. The van der Waals surface area contributed by atoms with Gasteiger partial charge in [0.05, 0.1) is 11.6 Å². The van der Waals surface area contributed by atoms with Crippen LogP contribution in [0.25, 0.3) is 0 Å². The summed E-state index contributed by atoms with van der Waals surface area (Å²) < 4.78 is 0.828. The third-order valence-corrected chi connectivity index (χ3v) is 3.13. The molecule has 2 N–H and O–H groups in total. The average molecular weight is 324 g/mol. The van der Waals surface area contributed by atoms with E-state index in [0.717, 1.165) is 10.2 Å². The van der Waals surface area contributed by atoms with Gasteiger partial charge < -0.3 is 10.6 Å². The fourth-order valence-electron chi connectivity index (χ4n) is 1.45. The molecule has 1 aromatic carbocycles. The van der Waals surface area contributed by atoms with E-state index in [2.05, 4.69) is 46.5 Å². The highest BCUT2D eigenvalue weighted by atomic mass is 79.9. The van der Waals surface area contributed by atoms with Gasteiger partial charge in [0, 0.05) is 29.7 Å². The summed E-state index contributed by atoms with van der Waals surface area (Å²) >= 11 is 3.39. The monoisotopic (exact) mass is 323 g/mol. The number of carbonyl (C=O) groups is 1. The molecule has 0 radical (unpaired) electrons. The van der Waals surface area contributed by atoms with Crippen LogP contribution in [0.3, 0.4) is 0 Å². The van der Waals surface area contributed by atoms with E-state index in [1.807, 2.05) is 6.07 Å². The molecule has 1 amide bonds. The van der Waals surface area contributed by atoms with E-state index in [0.29, 0.717) is 31.0 Å². The zero-order valence-corrected chi connectivity index (χ0v) is 12.8. The normalized spacial score (nSPS) is 10.1. The second-order valence-corrected chi connectivity index (χ2v) is 5.54. The van der Waals surface area contributed by atoms with Crippen LogP contribution in [0, 0.1) is 17.2 Å². The molecule has 0 aliphatic rings. The smallest absolute Gasteiger partial charge is 0.221 e. The number of carbonyl (C=O) groups excluding carboxylic acids is 1. The molecule has 0 saturated carbocycles. The van der Waals surface area contributed by atoms with Crippen molar-refractivity contribution in [2.45, 2.75) is 20.3 Å². The maximum Gasteiger partial charge on any atom is 0.221 e. The molecule has 102 valence electrons. The van der Waals surface area contributed by atoms with Gasteiger partial charge in [-0.05, 0) is 40.0 Å². The van der Waals surface area contributed by atoms with Gasteiger partial charge in [-0.3, -0.25) is 4.79 Å². The number of nitriles is 1. The van der Waals surface area contributed by atoms with Crippen LogP contribution in [0.2, 0.25) is 0 Å². The number of hydrogen-bond donors (Lipinski definition) is 2. The van der Waals surface area contributed by atoms with Gasteiger partial charge in [0.1, 0.15) is 0 Å². The predicted molar refractivity (Wildman–Crippen MR) is 79.8 cm³/mol. The lowest BCUT2D eigenvalue weighted by Crippen LogP contribution is -2.28. The molecule has 0 atom stereocenters. The summed E-state index contributed by atoms with van der Waals surface area (Å²) in [4.78, 5) is 11.5. The Morgan fingerprint density at radius 1 is 1.47 bits per heavy atom. The molecule has 0 saturated heterocycles. The Morgan fingerprint density at radius 2 is 2.21 bits per heavy atom. The van der Waals surface area contributed by atoms with E-state index in [1.54, 1.807) is 12.1 Å². The molecule has 0 heterocycles. The average Bonchev–Trinajstić information content (AvgIpc) is 2.38. The number of hydrogen-bond acceptors (Lipinski definition) is 3. The Kier molecular flexibility index (Phi) is 6.37. The van der Waals surface area contributed by atoms with Gasteiger partial charge in [-0.2, -0.15) is 5.26 Å². The van der Waals surface area contributed by atoms with E-state index in [-0.39, 0.29) is 5.91 Å². The van der Waals surface area contributed by atoms with E-state index in [1.165, 1.54) is 0 Å². The molecule has 1 rings (SSSR count). The minimum atomic E-state index is 0.0472. The Labute approximate surface area is 122 Å². The first-order valence-electron chi connectivity index (χ1n) is 6.23. The van der Waals surface area contributed by atoms with Crippen molar-refractivity contribution in [3.05, 3.63) is 28.2 Å². The largest absolute Gasteiger partial charge is 0.384 e. The number of halogens is 1. The van der Waals surface area contributed by atoms with Crippen LogP contribution >= 0.6 is 15.9 Å². The highest BCUT2D eigenvalue weighted by molar-refractivity contribution is 9.10. The Morgan fingerprint density at radius 3 is 2.79 bits per heavy atom. The summed E-state index contributed by atoms with van der Waals surface area (Å²) in [5.41, 5.74) is 1.49. The van der Waals surface area contributed by atoms with Crippen LogP contribution in [0.1, 0.15) is 25.8 Å². The van der Waals surface area contributed by atoms with Crippen molar-refractivity contribution >= 4 is 27.5 Å². The van der Waals surface area contributed by atoms with Crippen LogP contribution < -0.4 is 10.6 Å². The van der Waals surface area contributed by atoms with E-state index < -0.39 is 0 Å². The molecule has 4 nitrogen and oxygen atoms in total. The summed E-state index contributed by atoms with van der Waals surface area (Å²) in [5.74, 6) is 0.510. The number of anilines is 1. The van der Waals surface area contributed by atoms with Crippen molar-refractivity contribution in [2.24, 2.45) is 5.92 Å². The van der Waals surface area contributed by atoms with Crippen LogP contribution in [-0.4, -0.2) is 19.0 Å². The molecular formula is C14H18BrN3O. The number of benzene rings is 1.